The van der Waals surface area contributed by atoms with Gasteiger partial charge >= 0.3 is 0 Å². The fourth-order valence-electron chi connectivity index (χ4n) is 2.14. The summed E-state index contributed by atoms with van der Waals surface area (Å²) in [6, 6.07) is 2.35. The van der Waals surface area contributed by atoms with Crippen LogP contribution in [0.3, 0.4) is 0 Å². The maximum atomic E-state index is 13.4. The fourth-order valence-corrected chi connectivity index (χ4v) is 2.69. The number of sulfone groups is 1. The molecule has 21 heavy (non-hydrogen) atoms. The van der Waals surface area contributed by atoms with Crippen molar-refractivity contribution in [2.24, 2.45) is 0 Å². The summed E-state index contributed by atoms with van der Waals surface area (Å²) in [6.45, 7) is -0.973. The Morgan fingerprint density at radius 2 is 2.14 bits per heavy atom. The van der Waals surface area contributed by atoms with E-state index in [-0.39, 0.29) is 17.1 Å². The number of hydrogen-bond donors (Lipinski definition) is 1. The smallest absolute Gasteiger partial charge is 0.267 e. The fraction of sp³-hybridized carbons (Fsp3) is 0.500. The largest absolute Gasteiger partial charge is 0.391 e. The number of alkyl halides is 2. The number of nitrogens with zero attached hydrogens (tertiary/aromatic N) is 2. The molecule has 0 radical (unpaired) electrons. The first-order valence-electron chi connectivity index (χ1n) is 6.10. The standard InChI is InChI=1S/C12H14F2N2O4S/c1-21(19,20)10-3-2-8(5-15-10)11(18)16-6-9(17)4-12(13,14)7-16/h2-3,5,9,17H,4,6-7H2,1H3. The first kappa shape index (κ1) is 15.8. The molecule has 2 heterocycles. The van der Waals surface area contributed by atoms with Gasteiger partial charge in [-0.25, -0.2) is 22.2 Å². The van der Waals surface area contributed by atoms with E-state index in [0.29, 0.717) is 0 Å². The van der Waals surface area contributed by atoms with Crippen LogP contribution >= 0.6 is 0 Å². The summed E-state index contributed by atoms with van der Waals surface area (Å²) < 4.78 is 49.2. The van der Waals surface area contributed by atoms with Gasteiger partial charge in [-0.15, -0.1) is 0 Å². The quantitative estimate of drug-likeness (QED) is 0.848. The summed E-state index contributed by atoms with van der Waals surface area (Å²) >= 11 is 0. The summed E-state index contributed by atoms with van der Waals surface area (Å²) in [7, 11) is -3.49. The van der Waals surface area contributed by atoms with E-state index in [0.717, 1.165) is 23.4 Å². The van der Waals surface area contributed by atoms with Crippen molar-refractivity contribution in [1.29, 1.82) is 0 Å². The number of β-amino-alcohol motifs (C(OH)–C–C–N with tert-alkyl or cyclic N) is 1. The van der Waals surface area contributed by atoms with Gasteiger partial charge in [-0.2, -0.15) is 0 Å². The third-order valence-electron chi connectivity index (χ3n) is 3.04. The molecule has 1 fully saturated rings. The van der Waals surface area contributed by atoms with Crippen LogP contribution in [-0.4, -0.2) is 60.7 Å². The Hall–Kier alpha value is -1.61. The number of rotatable bonds is 2. The normalized spacial score (nSPS) is 22.1. The van der Waals surface area contributed by atoms with Crippen LogP contribution < -0.4 is 0 Å². The molecule has 2 rings (SSSR count). The van der Waals surface area contributed by atoms with Crippen molar-refractivity contribution in [2.45, 2.75) is 23.5 Å². The number of hydrogen-bond acceptors (Lipinski definition) is 5. The lowest BCUT2D eigenvalue weighted by atomic mass is 10.0. The predicted molar refractivity (Wildman–Crippen MR) is 68.8 cm³/mol. The number of aromatic nitrogens is 1. The lowest BCUT2D eigenvalue weighted by molar-refractivity contribution is -0.0972. The Morgan fingerprint density at radius 1 is 1.48 bits per heavy atom. The molecule has 1 N–H and O–H groups in total. The molecule has 0 aliphatic carbocycles. The molecule has 1 amide bonds. The van der Waals surface area contributed by atoms with Gasteiger partial charge in [0.25, 0.3) is 11.8 Å². The van der Waals surface area contributed by atoms with E-state index in [1.165, 1.54) is 6.07 Å². The highest BCUT2D eigenvalue weighted by Crippen LogP contribution is 2.27. The van der Waals surface area contributed by atoms with Gasteiger partial charge in [0, 0.05) is 25.4 Å². The number of aliphatic hydroxyl groups excluding tert-OH is 1. The number of aliphatic hydroxyl groups is 1. The van der Waals surface area contributed by atoms with E-state index in [2.05, 4.69) is 4.98 Å². The minimum atomic E-state index is -3.49. The second-order valence-corrected chi connectivity index (χ2v) is 7.02. The molecule has 1 aliphatic heterocycles. The summed E-state index contributed by atoms with van der Waals surface area (Å²) in [6.07, 6.45) is 0.0269. The van der Waals surface area contributed by atoms with Gasteiger partial charge in [0.05, 0.1) is 18.2 Å². The Kier molecular flexibility index (Phi) is 3.98. The maximum Gasteiger partial charge on any atom is 0.267 e. The van der Waals surface area contributed by atoms with E-state index in [1.807, 2.05) is 0 Å². The number of amides is 1. The zero-order valence-corrected chi connectivity index (χ0v) is 12.0. The first-order chi connectivity index (χ1) is 9.58. The molecule has 1 aromatic heterocycles. The Labute approximate surface area is 120 Å². The summed E-state index contributed by atoms with van der Waals surface area (Å²) in [4.78, 5) is 16.6. The highest BCUT2D eigenvalue weighted by Gasteiger charge is 2.41. The Morgan fingerprint density at radius 3 is 2.62 bits per heavy atom. The van der Waals surface area contributed by atoms with Crippen molar-refractivity contribution >= 4 is 15.7 Å². The van der Waals surface area contributed by atoms with Crippen LogP contribution in [0.4, 0.5) is 8.78 Å². The van der Waals surface area contributed by atoms with Crippen molar-refractivity contribution in [2.75, 3.05) is 19.3 Å². The molecule has 116 valence electrons. The average molecular weight is 320 g/mol. The molecular weight excluding hydrogens is 306 g/mol. The van der Waals surface area contributed by atoms with Gasteiger partial charge in [-0.3, -0.25) is 4.79 Å². The molecule has 1 atom stereocenters. The predicted octanol–water partition coefficient (Wildman–Crippen LogP) is 0.327. The highest BCUT2D eigenvalue weighted by atomic mass is 32.2. The van der Waals surface area contributed by atoms with Gasteiger partial charge in [0.2, 0.25) is 0 Å². The second kappa shape index (κ2) is 5.30. The van der Waals surface area contributed by atoms with Crippen molar-refractivity contribution in [3.8, 4) is 0 Å². The Balaban J connectivity index is 2.20. The molecule has 9 heteroatoms. The van der Waals surface area contributed by atoms with Gasteiger partial charge in [0.1, 0.15) is 0 Å². The third-order valence-corrected chi connectivity index (χ3v) is 4.04. The lowest BCUT2D eigenvalue weighted by Crippen LogP contribution is -2.51. The third kappa shape index (κ3) is 3.73. The molecule has 1 unspecified atom stereocenters. The van der Waals surface area contributed by atoms with Crippen LogP contribution in [0.25, 0.3) is 0 Å². The zero-order valence-electron chi connectivity index (χ0n) is 11.2. The molecule has 1 saturated heterocycles. The van der Waals surface area contributed by atoms with Crippen molar-refractivity contribution in [3.63, 3.8) is 0 Å². The molecule has 0 bridgehead atoms. The number of carbonyl (C=O) groups excluding carboxylic acids is 1. The van der Waals surface area contributed by atoms with Crippen LogP contribution in [0.2, 0.25) is 0 Å². The zero-order chi connectivity index (χ0) is 15.8. The van der Waals surface area contributed by atoms with Crippen LogP contribution in [0.15, 0.2) is 23.4 Å². The molecule has 0 spiro atoms. The summed E-state index contributed by atoms with van der Waals surface area (Å²) in [5.74, 6) is -3.87. The lowest BCUT2D eigenvalue weighted by Gasteiger charge is -2.35. The number of pyridine rings is 1. The summed E-state index contributed by atoms with van der Waals surface area (Å²) in [5.41, 5.74) is -0.00713. The molecule has 0 aromatic carbocycles. The summed E-state index contributed by atoms with van der Waals surface area (Å²) in [5, 5.41) is 9.19. The monoisotopic (exact) mass is 320 g/mol. The topological polar surface area (TPSA) is 87.6 Å². The van der Waals surface area contributed by atoms with E-state index < -0.39 is 40.7 Å². The average Bonchev–Trinajstić information content (AvgIpc) is 2.34. The van der Waals surface area contributed by atoms with Crippen LogP contribution in [0, 0.1) is 0 Å². The van der Waals surface area contributed by atoms with Gasteiger partial charge in [-0.05, 0) is 12.1 Å². The van der Waals surface area contributed by atoms with Crippen molar-refractivity contribution in [1.82, 2.24) is 9.88 Å². The van der Waals surface area contributed by atoms with E-state index >= 15 is 0 Å². The van der Waals surface area contributed by atoms with E-state index in [9.17, 15) is 27.1 Å². The number of piperidine rings is 1. The van der Waals surface area contributed by atoms with Crippen LogP contribution in [0.5, 0.6) is 0 Å². The highest BCUT2D eigenvalue weighted by molar-refractivity contribution is 7.90. The van der Waals surface area contributed by atoms with Crippen LogP contribution in [0.1, 0.15) is 16.8 Å². The minimum Gasteiger partial charge on any atom is -0.391 e. The molecule has 1 aliphatic rings. The molecule has 0 saturated carbocycles. The first-order valence-corrected chi connectivity index (χ1v) is 7.99. The number of likely N-dealkylation sites (tertiary alicyclic amines) is 1. The number of halogens is 2. The molecular formula is C12H14F2N2O4S. The number of carbonyl (C=O) groups is 1. The van der Waals surface area contributed by atoms with E-state index in [4.69, 9.17) is 0 Å². The second-order valence-electron chi connectivity index (χ2n) is 5.06. The SMILES string of the molecule is CS(=O)(=O)c1ccc(C(=O)N2CC(O)CC(F)(F)C2)cn1. The maximum absolute atomic E-state index is 13.4. The molecule has 1 aromatic rings. The van der Waals surface area contributed by atoms with Crippen LogP contribution in [-0.2, 0) is 9.84 Å². The minimum absolute atomic E-state index is 0.00713. The Bertz CT molecular complexity index is 646. The van der Waals surface area contributed by atoms with Gasteiger partial charge in [-0.1, -0.05) is 0 Å². The van der Waals surface area contributed by atoms with Gasteiger partial charge < -0.3 is 10.0 Å². The van der Waals surface area contributed by atoms with E-state index in [1.54, 1.807) is 0 Å². The van der Waals surface area contributed by atoms with Crippen molar-refractivity contribution < 1.29 is 27.1 Å². The van der Waals surface area contributed by atoms with Crippen molar-refractivity contribution in [3.05, 3.63) is 23.9 Å². The van der Waals surface area contributed by atoms with Gasteiger partial charge in [0.15, 0.2) is 14.9 Å². The molecule has 6 nitrogen and oxygen atoms in total.